The summed E-state index contributed by atoms with van der Waals surface area (Å²) in [7, 11) is 6.61. The molecule has 0 aromatic heterocycles. The van der Waals surface area contributed by atoms with E-state index < -0.39 is 0 Å². The van der Waals surface area contributed by atoms with Crippen LogP contribution < -0.4 is 18.9 Å². The molecule has 0 aliphatic heterocycles. The zero-order valence-electron chi connectivity index (χ0n) is 13.5. The molecule has 4 heteroatoms. The molecule has 0 amide bonds. The van der Waals surface area contributed by atoms with Gasteiger partial charge in [-0.25, -0.2) is 0 Å². The van der Waals surface area contributed by atoms with Crippen LogP contribution in [0.15, 0.2) is 36.4 Å². The van der Waals surface area contributed by atoms with E-state index in [0.29, 0.717) is 0 Å². The Morgan fingerprint density at radius 1 is 0.636 bits per heavy atom. The zero-order valence-corrected chi connectivity index (χ0v) is 13.5. The van der Waals surface area contributed by atoms with Crippen LogP contribution in [0.5, 0.6) is 23.0 Å². The number of methoxy groups -OCH3 is 4. The highest BCUT2D eigenvalue weighted by molar-refractivity contribution is 5.44. The fourth-order valence-corrected chi connectivity index (χ4v) is 2.37. The lowest BCUT2D eigenvalue weighted by Gasteiger charge is -2.12. The summed E-state index contributed by atoms with van der Waals surface area (Å²) in [6.45, 7) is 0. The fraction of sp³-hybridized carbons (Fsp3) is 0.333. The van der Waals surface area contributed by atoms with Gasteiger partial charge in [-0.05, 0) is 42.2 Å². The van der Waals surface area contributed by atoms with Gasteiger partial charge in [0.1, 0.15) is 11.5 Å². The van der Waals surface area contributed by atoms with Crippen molar-refractivity contribution in [1.29, 1.82) is 0 Å². The second-order valence-corrected chi connectivity index (χ2v) is 4.87. The van der Waals surface area contributed by atoms with Crippen LogP contribution >= 0.6 is 0 Å². The van der Waals surface area contributed by atoms with Crippen LogP contribution in [-0.4, -0.2) is 28.4 Å². The van der Waals surface area contributed by atoms with Crippen LogP contribution in [0.3, 0.4) is 0 Å². The maximum atomic E-state index is 5.43. The first-order chi connectivity index (χ1) is 10.7. The summed E-state index contributed by atoms with van der Waals surface area (Å²) in [6.07, 6.45) is 1.77. The Hall–Kier alpha value is -2.36. The molecule has 0 spiro atoms. The van der Waals surface area contributed by atoms with Crippen molar-refractivity contribution in [1.82, 2.24) is 0 Å². The van der Waals surface area contributed by atoms with Crippen molar-refractivity contribution < 1.29 is 18.9 Å². The smallest absolute Gasteiger partial charge is 0.160 e. The Morgan fingerprint density at radius 3 is 2.00 bits per heavy atom. The summed E-state index contributed by atoms with van der Waals surface area (Å²) in [5.74, 6) is 3.14. The molecule has 0 saturated heterocycles. The average Bonchev–Trinajstić information content (AvgIpc) is 2.59. The Bertz CT molecular complexity index is 622. The predicted molar refractivity (Wildman–Crippen MR) is 86.5 cm³/mol. The van der Waals surface area contributed by atoms with Crippen LogP contribution in [0.1, 0.15) is 11.1 Å². The fourth-order valence-electron chi connectivity index (χ4n) is 2.37. The molecule has 0 heterocycles. The first-order valence-electron chi connectivity index (χ1n) is 7.13. The van der Waals surface area contributed by atoms with Crippen molar-refractivity contribution in [3.63, 3.8) is 0 Å². The maximum absolute atomic E-state index is 5.43. The van der Waals surface area contributed by atoms with Crippen LogP contribution in [0, 0.1) is 0 Å². The van der Waals surface area contributed by atoms with Gasteiger partial charge in [0.15, 0.2) is 11.5 Å². The maximum Gasteiger partial charge on any atom is 0.160 e. The minimum Gasteiger partial charge on any atom is -0.497 e. The Morgan fingerprint density at radius 2 is 1.36 bits per heavy atom. The SMILES string of the molecule is COc1ccc(CCc2ccc(OC)c(OC)c2)c(OC)c1. The van der Waals surface area contributed by atoms with Crippen molar-refractivity contribution in [2.75, 3.05) is 28.4 Å². The summed E-state index contributed by atoms with van der Waals surface area (Å²) < 4.78 is 21.2. The standard InChI is InChI=1S/C18H22O4/c1-19-15-9-8-14(17(12-15)21-3)7-5-13-6-10-16(20-2)18(11-13)22-4/h6,8-12H,5,7H2,1-4H3. The first-order valence-corrected chi connectivity index (χ1v) is 7.13. The van der Waals surface area contributed by atoms with Gasteiger partial charge in [0, 0.05) is 6.07 Å². The van der Waals surface area contributed by atoms with E-state index in [0.717, 1.165) is 41.4 Å². The van der Waals surface area contributed by atoms with Gasteiger partial charge in [-0.3, -0.25) is 0 Å². The van der Waals surface area contributed by atoms with E-state index in [4.69, 9.17) is 18.9 Å². The molecule has 22 heavy (non-hydrogen) atoms. The zero-order chi connectivity index (χ0) is 15.9. The van der Waals surface area contributed by atoms with E-state index in [1.165, 1.54) is 5.56 Å². The van der Waals surface area contributed by atoms with E-state index in [9.17, 15) is 0 Å². The summed E-state index contributed by atoms with van der Waals surface area (Å²) >= 11 is 0. The Balaban J connectivity index is 2.13. The topological polar surface area (TPSA) is 36.9 Å². The lowest BCUT2D eigenvalue weighted by atomic mass is 10.0. The summed E-state index contributed by atoms with van der Waals surface area (Å²) in [6, 6.07) is 11.9. The molecular weight excluding hydrogens is 280 g/mol. The molecular formula is C18H22O4. The molecule has 0 aliphatic rings. The van der Waals surface area contributed by atoms with E-state index in [1.807, 2.05) is 30.3 Å². The minimum atomic E-state index is 0.744. The number of ether oxygens (including phenoxy) is 4. The largest absolute Gasteiger partial charge is 0.497 e. The van der Waals surface area contributed by atoms with Gasteiger partial charge >= 0.3 is 0 Å². The van der Waals surface area contributed by atoms with E-state index >= 15 is 0 Å². The van der Waals surface area contributed by atoms with Crippen molar-refractivity contribution in [3.05, 3.63) is 47.5 Å². The molecule has 0 atom stereocenters. The van der Waals surface area contributed by atoms with Gasteiger partial charge in [0.25, 0.3) is 0 Å². The van der Waals surface area contributed by atoms with Crippen LogP contribution in [-0.2, 0) is 12.8 Å². The summed E-state index contributed by atoms with van der Waals surface area (Å²) in [4.78, 5) is 0. The van der Waals surface area contributed by atoms with Gasteiger partial charge in [-0.1, -0.05) is 12.1 Å². The highest BCUT2D eigenvalue weighted by Gasteiger charge is 2.08. The normalized spacial score (nSPS) is 10.2. The van der Waals surface area contributed by atoms with Crippen LogP contribution in [0.2, 0.25) is 0 Å². The van der Waals surface area contributed by atoms with Gasteiger partial charge in [-0.2, -0.15) is 0 Å². The molecule has 0 unspecified atom stereocenters. The molecule has 2 aromatic rings. The van der Waals surface area contributed by atoms with Crippen LogP contribution in [0.25, 0.3) is 0 Å². The van der Waals surface area contributed by atoms with Crippen molar-refractivity contribution in [3.8, 4) is 23.0 Å². The van der Waals surface area contributed by atoms with Crippen LogP contribution in [0.4, 0.5) is 0 Å². The second-order valence-electron chi connectivity index (χ2n) is 4.87. The van der Waals surface area contributed by atoms with E-state index in [2.05, 4.69) is 6.07 Å². The molecule has 0 bridgehead atoms. The molecule has 118 valence electrons. The number of hydrogen-bond acceptors (Lipinski definition) is 4. The van der Waals surface area contributed by atoms with E-state index in [1.54, 1.807) is 28.4 Å². The minimum absolute atomic E-state index is 0.744. The lowest BCUT2D eigenvalue weighted by molar-refractivity contribution is 0.354. The van der Waals surface area contributed by atoms with Crippen molar-refractivity contribution in [2.45, 2.75) is 12.8 Å². The second kappa shape index (κ2) is 7.59. The van der Waals surface area contributed by atoms with Gasteiger partial charge in [0.05, 0.1) is 28.4 Å². The third-order valence-electron chi connectivity index (χ3n) is 3.63. The molecule has 2 aromatic carbocycles. The third-order valence-corrected chi connectivity index (χ3v) is 3.63. The Labute approximate surface area is 131 Å². The Kier molecular flexibility index (Phi) is 5.53. The molecule has 0 radical (unpaired) electrons. The van der Waals surface area contributed by atoms with E-state index in [-0.39, 0.29) is 0 Å². The van der Waals surface area contributed by atoms with Crippen molar-refractivity contribution in [2.24, 2.45) is 0 Å². The number of aryl methyl sites for hydroxylation is 2. The van der Waals surface area contributed by atoms with Gasteiger partial charge in [-0.15, -0.1) is 0 Å². The molecule has 0 saturated carbocycles. The molecule has 4 nitrogen and oxygen atoms in total. The lowest BCUT2D eigenvalue weighted by Crippen LogP contribution is -1.98. The highest BCUT2D eigenvalue weighted by atomic mass is 16.5. The predicted octanol–water partition coefficient (Wildman–Crippen LogP) is 3.51. The van der Waals surface area contributed by atoms with Gasteiger partial charge < -0.3 is 18.9 Å². The monoisotopic (exact) mass is 302 g/mol. The summed E-state index contributed by atoms with van der Waals surface area (Å²) in [5, 5.41) is 0. The number of rotatable bonds is 7. The average molecular weight is 302 g/mol. The van der Waals surface area contributed by atoms with Gasteiger partial charge in [0.2, 0.25) is 0 Å². The molecule has 0 fully saturated rings. The quantitative estimate of drug-likeness (QED) is 0.784. The molecule has 2 rings (SSSR count). The number of benzene rings is 2. The van der Waals surface area contributed by atoms with Crippen molar-refractivity contribution >= 4 is 0 Å². The number of hydrogen-bond donors (Lipinski definition) is 0. The third kappa shape index (κ3) is 3.64. The first kappa shape index (κ1) is 16.0. The molecule has 0 N–H and O–H groups in total. The highest BCUT2D eigenvalue weighted by Crippen LogP contribution is 2.29. The molecule has 0 aliphatic carbocycles. The summed E-state index contributed by atoms with van der Waals surface area (Å²) in [5.41, 5.74) is 2.34.